The third-order valence-electron chi connectivity index (χ3n) is 0.260. The fraction of sp³-hybridized carbons (Fsp3) is 0.250. The lowest BCUT2D eigenvalue weighted by molar-refractivity contribution is 1.48. The van der Waals surface area contributed by atoms with E-state index in [1.54, 1.807) is 6.92 Å². The molecule has 0 saturated heterocycles. The number of amidine groups is 1. The van der Waals surface area contributed by atoms with Gasteiger partial charge < -0.3 is 5.73 Å². The van der Waals surface area contributed by atoms with E-state index in [-0.39, 0.29) is 18.2 Å². The van der Waals surface area contributed by atoms with E-state index in [9.17, 15) is 0 Å². The number of hydrogen-bond acceptors (Lipinski definition) is 1. The zero-order valence-corrected chi connectivity index (χ0v) is 4.80. The summed E-state index contributed by atoms with van der Waals surface area (Å²) < 4.78 is 0. The Bertz CT molecular complexity index is 109. The molecule has 0 fully saturated rings. The maximum absolute atomic E-state index is 6.50. The molecule has 40 valence electrons. The Morgan fingerprint density at radius 3 is 2.14 bits per heavy atom. The Balaban J connectivity index is 0. The van der Waals surface area contributed by atoms with Crippen LogP contribution in [0.4, 0.5) is 0 Å². The second-order valence-electron chi connectivity index (χ2n) is 0.789. The van der Waals surface area contributed by atoms with Gasteiger partial charge >= 0.3 is 0 Å². The van der Waals surface area contributed by atoms with Crippen LogP contribution in [0.2, 0.25) is 0 Å². The maximum Gasteiger partial charge on any atom is 0.168 e. The van der Waals surface area contributed by atoms with E-state index < -0.39 is 0 Å². The first kappa shape index (κ1) is 9.58. The second kappa shape index (κ2) is 5.32. The topological polar surface area (TPSA) is 49.9 Å². The summed E-state index contributed by atoms with van der Waals surface area (Å²) in [6.07, 6.45) is 0. The molecule has 0 heterocycles. The molecule has 0 rings (SSSR count). The van der Waals surface area contributed by atoms with Crippen molar-refractivity contribution in [3.05, 3.63) is 0 Å². The zero-order valence-electron chi connectivity index (χ0n) is 3.99. The normalized spacial score (nSPS) is 4.71. The van der Waals surface area contributed by atoms with Crippen molar-refractivity contribution in [2.75, 3.05) is 0 Å². The van der Waals surface area contributed by atoms with E-state index >= 15 is 0 Å². The first-order valence-electron chi connectivity index (χ1n) is 1.54. The highest BCUT2D eigenvalue weighted by atomic mass is 35.5. The lowest BCUT2D eigenvalue weighted by Crippen LogP contribution is -2.04. The van der Waals surface area contributed by atoms with Crippen LogP contribution >= 0.6 is 12.4 Å². The van der Waals surface area contributed by atoms with Gasteiger partial charge in [-0.1, -0.05) is 5.92 Å². The number of hydrogen-bond donors (Lipinski definition) is 2. The van der Waals surface area contributed by atoms with E-state index in [0.717, 1.165) is 0 Å². The van der Waals surface area contributed by atoms with Gasteiger partial charge in [-0.3, -0.25) is 5.41 Å². The predicted octanol–water partition coefficient (Wildman–Crippen LogP) is 0.367. The van der Waals surface area contributed by atoms with Gasteiger partial charge in [-0.15, -0.1) is 12.4 Å². The number of nitrogens with one attached hydrogen (secondary N) is 1. The Hall–Kier alpha value is -0.680. The molecule has 0 aliphatic rings. The van der Waals surface area contributed by atoms with E-state index in [1.807, 2.05) is 0 Å². The first-order valence-corrected chi connectivity index (χ1v) is 1.54. The molecule has 0 aromatic heterocycles. The smallest absolute Gasteiger partial charge is 0.168 e. The molecule has 0 saturated carbocycles. The van der Waals surface area contributed by atoms with Crippen LogP contribution in [0.15, 0.2) is 0 Å². The molecule has 0 atom stereocenters. The van der Waals surface area contributed by atoms with Gasteiger partial charge in [0.2, 0.25) is 0 Å². The molecular formula is C4H7ClN2. The molecular weight excluding hydrogens is 112 g/mol. The van der Waals surface area contributed by atoms with Gasteiger partial charge in [-0.2, -0.15) is 0 Å². The van der Waals surface area contributed by atoms with Gasteiger partial charge in [-0.25, -0.2) is 0 Å². The highest BCUT2D eigenvalue weighted by Crippen LogP contribution is 1.48. The Morgan fingerprint density at radius 2 is 2.14 bits per heavy atom. The number of rotatable bonds is 0. The van der Waals surface area contributed by atoms with E-state index in [0.29, 0.717) is 0 Å². The van der Waals surface area contributed by atoms with E-state index in [4.69, 9.17) is 11.1 Å². The van der Waals surface area contributed by atoms with Gasteiger partial charge in [0.15, 0.2) is 5.84 Å². The highest BCUT2D eigenvalue weighted by Gasteiger charge is 1.65. The SMILES string of the molecule is CC#CC(=N)N.Cl. The van der Waals surface area contributed by atoms with Crippen LogP contribution in [0.25, 0.3) is 0 Å². The molecule has 0 radical (unpaired) electrons. The van der Waals surface area contributed by atoms with Crippen molar-refractivity contribution in [1.82, 2.24) is 0 Å². The summed E-state index contributed by atoms with van der Waals surface area (Å²) in [6, 6.07) is 0. The van der Waals surface area contributed by atoms with Crippen LogP contribution in [0.1, 0.15) is 6.92 Å². The van der Waals surface area contributed by atoms with Crippen LogP contribution in [0.5, 0.6) is 0 Å². The largest absolute Gasteiger partial charge is 0.377 e. The van der Waals surface area contributed by atoms with Gasteiger partial charge in [0, 0.05) is 0 Å². The minimum absolute atomic E-state index is 0. The van der Waals surface area contributed by atoms with Crippen molar-refractivity contribution < 1.29 is 0 Å². The average molecular weight is 119 g/mol. The van der Waals surface area contributed by atoms with Crippen LogP contribution in [-0.2, 0) is 0 Å². The first-order chi connectivity index (χ1) is 2.77. The van der Waals surface area contributed by atoms with E-state index in [1.165, 1.54) is 0 Å². The maximum atomic E-state index is 6.50. The lowest BCUT2D eigenvalue weighted by atomic mass is 10.6. The molecule has 0 spiro atoms. The standard InChI is InChI=1S/C4H6N2.ClH/c1-2-3-4(5)6;/h1H3,(H3,5,6);1H. The minimum Gasteiger partial charge on any atom is -0.377 e. The number of halogens is 1. The fourth-order valence-corrected chi connectivity index (χ4v) is 0.135. The van der Waals surface area contributed by atoms with Gasteiger partial charge in [0.05, 0.1) is 0 Å². The Morgan fingerprint density at radius 1 is 1.71 bits per heavy atom. The van der Waals surface area contributed by atoms with Gasteiger partial charge in [0.25, 0.3) is 0 Å². The third-order valence-corrected chi connectivity index (χ3v) is 0.260. The Kier molecular flexibility index (Phi) is 7.28. The van der Waals surface area contributed by atoms with Crippen molar-refractivity contribution in [2.24, 2.45) is 5.73 Å². The predicted molar refractivity (Wildman–Crippen MR) is 32.6 cm³/mol. The molecule has 0 aliphatic carbocycles. The van der Waals surface area contributed by atoms with Crippen LogP contribution in [0.3, 0.4) is 0 Å². The van der Waals surface area contributed by atoms with Crippen molar-refractivity contribution in [2.45, 2.75) is 6.92 Å². The summed E-state index contributed by atoms with van der Waals surface area (Å²) in [4.78, 5) is 0. The molecule has 7 heavy (non-hydrogen) atoms. The van der Waals surface area contributed by atoms with Gasteiger partial charge in [-0.05, 0) is 12.8 Å². The van der Waals surface area contributed by atoms with Crippen molar-refractivity contribution >= 4 is 18.2 Å². The highest BCUT2D eigenvalue weighted by molar-refractivity contribution is 5.94. The quantitative estimate of drug-likeness (QED) is 0.270. The van der Waals surface area contributed by atoms with Crippen molar-refractivity contribution in [1.29, 1.82) is 5.41 Å². The zero-order chi connectivity index (χ0) is 4.99. The van der Waals surface area contributed by atoms with E-state index in [2.05, 4.69) is 11.8 Å². The molecule has 3 heteroatoms. The lowest BCUT2D eigenvalue weighted by Gasteiger charge is -1.69. The summed E-state index contributed by atoms with van der Waals surface area (Å²) >= 11 is 0. The summed E-state index contributed by atoms with van der Waals surface area (Å²) in [5, 5.41) is 6.50. The minimum atomic E-state index is -0.0718. The van der Waals surface area contributed by atoms with Crippen LogP contribution in [-0.4, -0.2) is 5.84 Å². The molecule has 0 unspecified atom stereocenters. The molecule has 0 amide bonds. The molecule has 0 aromatic carbocycles. The summed E-state index contributed by atoms with van der Waals surface area (Å²) in [7, 11) is 0. The van der Waals surface area contributed by atoms with Crippen molar-refractivity contribution in [3.8, 4) is 11.8 Å². The number of nitrogens with two attached hydrogens (primary N) is 1. The molecule has 0 bridgehead atoms. The Labute approximate surface area is 49.0 Å². The van der Waals surface area contributed by atoms with Crippen LogP contribution < -0.4 is 5.73 Å². The molecule has 0 aromatic rings. The molecule has 0 aliphatic heterocycles. The second-order valence-corrected chi connectivity index (χ2v) is 0.789. The monoisotopic (exact) mass is 118 g/mol. The summed E-state index contributed by atoms with van der Waals surface area (Å²) in [5.74, 6) is 4.72. The summed E-state index contributed by atoms with van der Waals surface area (Å²) in [5.41, 5.74) is 4.81. The average Bonchev–Trinajstić information content (AvgIpc) is 1.35. The van der Waals surface area contributed by atoms with Crippen molar-refractivity contribution in [3.63, 3.8) is 0 Å². The summed E-state index contributed by atoms with van der Waals surface area (Å²) in [6.45, 7) is 1.64. The fourth-order valence-electron chi connectivity index (χ4n) is 0.135. The van der Waals surface area contributed by atoms with Crippen LogP contribution in [0, 0.1) is 17.3 Å². The molecule has 2 nitrogen and oxygen atoms in total. The molecule has 3 N–H and O–H groups in total. The van der Waals surface area contributed by atoms with Gasteiger partial charge in [0.1, 0.15) is 0 Å². The third kappa shape index (κ3) is 10.9.